The smallest absolute Gasteiger partial charge is 0.426 e. The van der Waals surface area contributed by atoms with E-state index in [4.69, 9.17) is 10.5 Å². The summed E-state index contributed by atoms with van der Waals surface area (Å²) in [5, 5.41) is 0. The monoisotopic (exact) mass is 279 g/mol. The number of nitrogens with two attached hydrogens (primary N) is 1. The maximum Gasteiger partial charge on any atom is 0.426 e. The van der Waals surface area contributed by atoms with Gasteiger partial charge >= 0.3 is 6.18 Å². The highest BCUT2D eigenvalue weighted by Gasteiger charge is 2.45. The van der Waals surface area contributed by atoms with Crippen molar-refractivity contribution in [2.24, 2.45) is 5.73 Å². The summed E-state index contributed by atoms with van der Waals surface area (Å²) in [6.07, 6.45) is -4.47. The van der Waals surface area contributed by atoms with Crippen LogP contribution in [0.5, 0.6) is 5.75 Å². The molecule has 0 aliphatic heterocycles. The van der Waals surface area contributed by atoms with Crippen molar-refractivity contribution >= 4 is 11.8 Å². The molecule has 0 heterocycles. The number of hydrogen-bond acceptors (Lipinski definition) is 3. The van der Waals surface area contributed by atoms with Gasteiger partial charge in [0.05, 0.1) is 6.04 Å². The number of hydrogen-bond donors (Lipinski definition) is 1. The summed E-state index contributed by atoms with van der Waals surface area (Å²) in [6.45, 7) is 1.60. The van der Waals surface area contributed by atoms with E-state index < -0.39 is 18.3 Å². The molecular formula is C12H16F3NOS. The third-order valence-corrected chi connectivity index (χ3v) is 3.28. The lowest BCUT2D eigenvalue weighted by atomic mass is 10.1. The van der Waals surface area contributed by atoms with Gasteiger partial charge < -0.3 is 10.5 Å². The summed E-state index contributed by atoms with van der Waals surface area (Å²) in [7, 11) is 0. The van der Waals surface area contributed by atoms with Crippen molar-refractivity contribution in [3.05, 3.63) is 24.3 Å². The summed E-state index contributed by atoms with van der Waals surface area (Å²) in [5.41, 5.74) is 5.49. The topological polar surface area (TPSA) is 35.2 Å². The van der Waals surface area contributed by atoms with E-state index in [-0.39, 0.29) is 12.2 Å². The van der Waals surface area contributed by atoms with Crippen molar-refractivity contribution in [3.63, 3.8) is 0 Å². The van der Waals surface area contributed by atoms with Crippen LogP contribution in [0.4, 0.5) is 13.2 Å². The van der Waals surface area contributed by atoms with Crippen LogP contribution in [0.15, 0.2) is 29.2 Å². The second kappa shape index (κ2) is 6.33. The molecule has 0 spiro atoms. The molecule has 1 aromatic carbocycles. The molecular weight excluding hydrogens is 263 g/mol. The van der Waals surface area contributed by atoms with Crippen molar-refractivity contribution in [2.45, 2.75) is 36.6 Å². The summed E-state index contributed by atoms with van der Waals surface area (Å²) >= 11 is 1.33. The average molecular weight is 279 g/mol. The number of halogens is 3. The molecule has 0 aliphatic rings. The number of alkyl halides is 3. The van der Waals surface area contributed by atoms with Gasteiger partial charge in [-0.25, -0.2) is 0 Å². The van der Waals surface area contributed by atoms with Crippen molar-refractivity contribution in [1.82, 2.24) is 0 Å². The normalized spacial score (nSPS) is 15.2. The van der Waals surface area contributed by atoms with Crippen LogP contribution in [-0.2, 0) is 0 Å². The number of thioether (sulfide) groups is 1. The van der Waals surface area contributed by atoms with Crippen LogP contribution in [0.3, 0.4) is 0 Å². The Balaban J connectivity index is 2.96. The van der Waals surface area contributed by atoms with E-state index in [9.17, 15) is 13.2 Å². The van der Waals surface area contributed by atoms with E-state index in [2.05, 4.69) is 0 Å². The van der Waals surface area contributed by atoms with E-state index in [1.54, 1.807) is 31.4 Å². The molecule has 102 valence electrons. The average Bonchev–Trinajstić information content (AvgIpc) is 2.34. The Morgan fingerprint density at radius 2 is 1.94 bits per heavy atom. The van der Waals surface area contributed by atoms with Gasteiger partial charge in [0, 0.05) is 4.90 Å². The van der Waals surface area contributed by atoms with Crippen molar-refractivity contribution in [3.8, 4) is 5.75 Å². The van der Waals surface area contributed by atoms with Crippen LogP contribution in [0, 0.1) is 0 Å². The van der Waals surface area contributed by atoms with Crippen molar-refractivity contribution in [1.29, 1.82) is 0 Å². The van der Waals surface area contributed by atoms with Crippen LogP contribution >= 0.6 is 11.8 Å². The molecule has 0 amide bonds. The Bertz CT molecular complexity index is 384. The lowest BCUT2D eigenvalue weighted by molar-refractivity contribution is -0.201. The van der Waals surface area contributed by atoms with Gasteiger partial charge in [0.1, 0.15) is 5.75 Å². The molecule has 18 heavy (non-hydrogen) atoms. The van der Waals surface area contributed by atoms with Gasteiger partial charge in [0.25, 0.3) is 0 Å². The summed E-state index contributed by atoms with van der Waals surface area (Å²) in [5.74, 6) is 0.219. The molecule has 1 aromatic rings. The Morgan fingerprint density at radius 1 is 1.33 bits per heavy atom. The van der Waals surface area contributed by atoms with Crippen LogP contribution in [-0.4, -0.2) is 24.6 Å². The molecule has 2 unspecified atom stereocenters. The number of benzene rings is 1. The third-order valence-electron chi connectivity index (χ3n) is 2.51. The standard InChI is InChI=1S/C12H16F3NOS/c1-3-8(16)11(12(13,14)15)17-9-6-4-5-7-10(9)18-2/h4-8,11H,3,16H2,1-2H3. The van der Waals surface area contributed by atoms with E-state index in [1.165, 1.54) is 17.8 Å². The summed E-state index contributed by atoms with van der Waals surface area (Å²) < 4.78 is 43.7. The molecule has 2 N–H and O–H groups in total. The first-order valence-electron chi connectivity index (χ1n) is 5.52. The fourth-order valence-electron chi connectivity index (χ4n) is 1.46. The number of para-hydroxylation sites is 1. The maximum atomic E-state index is 12.9. The van der Waals surface area contributed by atoms with Crippen LogP contribution in [0.2, 0.25) is 0 Å². The predicted octanol–water partition coefficient (Wildman–Crippen LogP) is 3.46. The van der Waals surface area contributed by atoms with Gasteiger partial charge in [-0.2, -0.15) is 13.2 Å². The third kappa shape index (κ3) is 3.81. The van der Waals surface area contributed by atoms with Crippen molar-refractivity contribution < 1.29 is 17.9 Å². The molecule has 0 fully saturated rings. The minimum atomic E-state index is -4.47. The molecule has 2 nitrogen and oxygen atoms in total. The lowest BCUT2D eigenvalue weighted by Gasteiger charge is -2.27. The molecule has 0 aliphatic carbocycles. The Hall–Kier alpha value is -0.880. The minimum absolute atomic E-state index is 0.200. The largest absolute Gasteiger partial charge is 0.478 e. The number of ether oxygens (including phenoxy) is 1. The SMILES string of the molecule is CCC(N)C(Oc1ccccc1SC)C(F)(F)F. The highest BCUT2D eigenvalue weighted by molar-refractivity contribution is 7.98. The van der Waals surface area contributed by atoms with Gasteiger partial charge in [-0.3, -0.25) is 0 Å². The van der Waals surface area contributed by atoms with Gasteiger partial charge in [-0.05, 0) is 24.8 Å². The predicted molar refractivity (Wildman–Crippen MR) is 67.0 cm³/mol. The number of rotatable bonds is 5. The zero-order valence-corrected chi connectivity index (χ0v) is 11.0. The summed E-state index contributed by atoms with van der Waals surface area (Å²) in [4.78, 5) is 0.662. The van der Waals surface area contributed by atoms with Crippen LogP contribution in [0.1, 0.15) is 13.3 Å². The van der Waals surface area contributed by atoms with E-state index in [0.29, 0.717) is 4.90 Å². The lowest BCUT2D eigenvalue weighted by Crippen LogP contribution is -2.48. The molecule has 0 bridgehead atoms. The van der Waals surface area contributed by atoms with Gasteiger partial charge in [0.15, 0.2) is 0 Å². The van der Waals surface area contributed by atoms with E-state index >= 15 is 0 Å². The van der Waals surface area contributed by atoms with Gasteiger partial charge in [-0.1, -0.05) is 19.1 Å². The summed E-state index contributed by atoms with van der Waals surface area (Å²) in [6, 6.07) is 5.55. The first-order valence-corrected chi connectivity index (χ1v) is 6.74. The Kier molecular flexibility index (Phi) is 5.34. The Labute approximate surface area is 109 Å². The maximum absolute atomic E-state index is 12.9. The molecule has 1 rings (SSSR count). The first kappa shape index (κ1) is 15.2. The molecule has 0 saturated heterocycles. The minimum Gasteiger partial charge on any atom is -0.478 e. The van der Waals surface area contributed by atoms with Crippen LogP contribution in [0.25, 0.3) is 0 Å². The Morgan fingerprint density at radius 3 is 2.44 bits per heavy atom. The highest BCUT2D eigenvalue weighted by Crippen LogP contribution is 2.32. The van der Waals surface area contributed by atoms with Gasteiger partial charge in [0.2, 0.25) is 6.10 Å². The van der Waals surface area contributed by atoms with E-state index in [0.717, 1.165) is 0 Å². The molecule has 2 atom stereocenters. The molecule has 0 aromatic heterocycles. The quantitative estimate of drug-likeness (QED) is 0.838. The first-order chi connectivity index (χ1) is 8.40. The van der Waals surface area contributed by atoms with Crippen LogP contribution < -0.4 is 10.5 Å². The van der Waals surface area contributed by atoms with E-state index in [1.807, 2.05) is 0 Å². The molecule has 0 saturated carbocycles. The zero-order valence-electron chi connectivity index (χ0n) is 10.2. The molecule has 0 radical (unpaired) electrons. The zero-order chi connectivity index (χ0) is 13.8. The highest BCUT2D eigenvalue weighted by atomic mass is 32.2. The second-order valence-corrected chi connectivity index (χ2v) is 4.65. The fourth-order valence-corrected chi connectivity index (χ4v) is 2.00. The molecule has 6 heteroatoms. The fraction of sp³-hybridized carbons (Fsp3) is 0.500. The second-order valence-electron chi connectivity index (χ2n) is 3.80. The van der Waals surface area contributed by atoms with Crippen molar-refractivity contribution in [2.75, 3.05) is 6.26 Å². The van der Waals surface area contributed by atoms with Gasteiger partial charge in [-0.15, -0.1) is 11.8 Å².